The molecule has 0 amide bonds. The van der Waals surface area contributed by atoms with Crippen molar-refractivity contribution in [3.05, 3.63) is 27.2 Å². The van der Waals surface area contributed by atoms with Crippen molar-refractivity contribution in [1.29, 1.82) is 0 Å². The molecule has 96 valence electrons. The van der Waals surface area contributed by atoms with Gasteiger partial charge in [0.05, 0.1) is 11.1 Å². The molecule has 1 unspecified atom stereocenters. The molecule has 0 fully saturated rings. The maximum atomic E-state index is 11.9. The van der Waals surface area contributed by atoms with Gasteiger partial charge >= 0.3 is 0 Å². The minimum absolute atomic E-state index is 0.0144. The highest BCUT2D eigenvalue weighted by Gasteiger charge is 2.19. The van der Waals surface area contributed by atoms with Gasteiger partial charge in [0.2, 0.25) is 10.0 Å². The molecule has 4 nitrogen and oxygen atoms in total. The first kappa shape index (κ1) is 14.9. The molecule has 0 spiro atoms. The lowest BCUT2D eigenvalue weighted by molar-refractivity contribution is 0.198. The number of halogens is 2. The molecule has 0 saturated carbocycles. The number of nitrogens with one attached hydrogen (secondary N) is 1. The molecule has 1 atom stereocenters. The van der Waals surface area contributed by atoms with Crippen LogP contribution in [0.5, 0.6) is 0 Å². The van der Waals surface area contributed by atoms with Gasteiger partial charge in [0, 0.05) is 11.0 Å². The second-order valence-electron chi connectivity index (χ2n) is 3.73. The molecule has 0 aromatic heterocycles. The molecule has 0 aliphatic rings. The molecule has 17 heavy (non-hydrogen) atoms. The van der Waals surface area contributed by atoms with Crippen LogP contribution < -0.4 is 4.72 Å². The van der Waals surface area contributed by atoms with E-state index in [1.807, 2.05) is 0 Å². The smallest absolute Gasteiger partial charge is 0.242 e. The van der Waals surface area contributed by atoms with Gasteiger partial charge in [0.25, 0.3) is 0 Å². The van der Waals surface area contributed by atoms with E-state index in [-0.39, 0.29) is 16.5 Å². The summed E-state index contributed by atoms with van der Waals surface area (Å²) >= 11 is 9.16. The fourth-order valence-electron chi connectivity index (χ4n) is 1.14. The molecule has 0 radical (unpaired) electrons. The van der Waals surface area contributed by atoms with Gasteiger partial charge in [-0.25, -0.2) is 13.1 Å². The summed E-state index contributed by atoms with van der Waals surface area (Å²) in [6.07, 6.45) is -0.750. The molecule has 2 N–H and O–H groups in total. The maximum absolute atomic E-state index is 11.9. The Morgan fingerprint density at radius 3 is 2.65 bits per heavy atom. The summed E-state index contributed by atoms with van der Waals surface area (Å²) in [4.78, 5) is 0.0144. The van der Waals surface area contributed by atoms with Crippen LogP contribution >= 0.6 is 27.5 Å². The normalized spacial score (nSPS) is 13.7. The fraction of sp³-hybridized carbons (Fsp3) is 0.400. The number of benzene rings is 1. The minimum atomic E-state index is -3.69. The van der Waals surface area contributed by atoms with Gasteiger partial charge in [-0.15, -0.1) is 0 Å². The predicted octanol–water partition coefficient (Wildman–Crippen LogP) is 2.07. The largest absolute Gasteiger partial charge is 0.392 e. The Labute approximate surface area is 114 Å². The van der Waals surface area contributed by atoms with Gasteiger partial charge in [-0.2, -0.15) is 0 Å². The summed E-state index contributed by atoms with van der Waals surface area (Å²) in [5, 5.41) is 9.20. The van der Waals surface area contributed by atoms with E-state index < -0.39 is 16.1 Å². The van der Waals surface area contributed by atoms with E-state index in [2.05, 4.69) is 20.7 Å². The Bertz CT molecular complexity index is 517. The van der Waals surface area contributed by atoms with Crippen LogP contribution in [0.4, 0.5) is 0 Å². The minimum Gasteiger partial charge on any atom is -0.392 e. The molecule has 0 saturated heterocycles. The van der Waals surface area contributed by atoms with Crippen LogP contribution in [0.2, 0.25) is 5.02 Å². The number of aliphatic hydroxyl groups is 1. The van der Waals surface area contributed by atoms with Gasteiger partial charge in [-0.05, 0) is 31.5 Å². The van der Waals surface area contributed by atoms with Crippen LogP contribution in [0.3, 0.4) is 0 Å². The molecule has 1 aromatic carbocycles. The number of hydrogen-bond acceptors (Lipinski definition) is 3. The number of rotatable bonds is 4. The van der Waals surface area contributed by atoms with Crippen molar-refractivity contribution >= 4 is 37.6 Å². The average Bonchev–Trinajstić information content (AvgIpc) is 2.20. The van der Waals surface area contributed by atoms with Crippen LogP contribution in [0.25, 0.3) is 0 Å². The van der Waals surface area contributed by atoms with Crippen molar-refractivity contribution in [2.75, 3.05) is 6.54 Å². The van der Waals surface area contributed by atoms with E-state index >= 15 is 0 Å². The summed E-state index contributed by atoms with van der Waals surface area (Å²) in [6.45, 7) is 3.22. The first-order valence-corrected chi connectivity index (χ1v) is 7.53. The van der Waals surface area contributed by atoms with Crippen LogP contribution in [0, 0.1) is 6.92 Å². The van der Waals surface area contributed by atoms with E-state index in [0.717, 1.165) is 10.0 Å². The zero-order valence-corrected chi connectivity index (χ0v) is 12.5. The van der Waals surface area contributed by atoms with Crippen molar-refractivity contribution in [3.8, 4) is 0 Å². The van der Waals surface area contributed by atoms with Gasteiger partial charge in [0.1, 0.15) is 4.90 Å². The van der Waals surface area contributed by atoms with E-state index in [1.165, 1.54) is 19.1 Å². The summed E-state index contributed by atoms with van der Waals surface area (Å²) < 4.78 is 26.8. The van der Waals surface area contributed by atoms with E-state index in [9.17, 15) is 8.42 Å². The number of hydrogen-bond donors (Lipinski definition) is 2. The van der Waals surface area contributed by atoms with E-state index in [1.54, 1.807) is 6.92 Å². The molecule has 1 rings (SSSR count). The molecule has 7 heteroatoms. The Hall–Kier alpha value is -0.140. The Morgan fingerprint density at radius 1 is 1.53 bits per heavy atom. The zero-order valence-electron chi connectivity index (χ0n) is 9.37. The molecule has 0 heterocycles. The van der Waals surface area contributed by atoms with Crippen molar-refractivity contribution in [2.45, 2.75) is 24.8 Å². The van der Waals surface area contributed by atoms with Crippen LogP contribution in [-0.4, -0.2) is 26.2 Å². The fourth-order valence-corrected chi connectivity index (χ4v) is 3.35. The third-order valence-corrected chi connectivity index (χ3v) is 4.81. The molecular weight excluding hydrogens is 330 g/mol. The predicted molar refractivity (Wildman–Crippen MR) is 70.8 cm³/mol. The highest BCUT2D eigenvalue weighted by atomic mass is 79.9. The zero-order chi connectivity index (χ0) is 13.2. The van der Waals surface area contributed by atoms with Crippen molar-refractivity contribution in [2.24, 2.45) is 0 Å². The molecule has 1 aromatic rings. The first-order chi connectivity index (χ1) is 7.74. The highest BCUT2D eigenvalue weighted by Crippen LogP contribution is 2.28. The summed E-state index contributed by atoms with van der Waals surface area (Å²) in [7, 11) is -3.69. The molecule has 0 aliphatic carbocycles. The summed E-state index contributed by atoms with van der Waals surface area (Å²) in [5.41, 5.74) is 0.770. The standard InChI is InChI=1S/C10H13BrClNO3S/c1-6-3-10(9(12)4-8(6)11)17(15,16)13-5-7(2)14/h3-4,7,13-14H,5H2,1-2H3. The maximum Gasteiger partial charge on any atom is 0.242 e. The second-order valence-corrected chi connectivity index (χ2v) is 6.73. The topological polar surface area (TPSA) is 66.4 Å². The van der Waals surface area contributed by atoms with Gasteiger partial charge in [-0.3, -0.25) is 0 Å². The lowest BCUT2D eigenvalue weighted by atomic mass is 10.2. The lowest BCUT2D eigenvalue weighted by Crippen LogP contribution is -2.30. The van der Waals surface area contributed by atoms with Gasteiger partial charge < -0.3 is 5.11 Å². The van der Waals surface area contributed by atoms with Crippen LogP contribution in [0.15, 0.2) is 21.5 Å². The number of sulfonamides is 1. The second kappa shape index (κ2) is 5.67. The highest BCUT2D eigenvalue weighted by molar-refractivity contribution is 9.10. The molecule has 0 aliphatic heterocycles. The van der Waals surface area contributed by atoms with E-state index in [4.69, 9.17) is 16.7 Å². The number of aryl methyl sites for hydroxylation is 1. The Morgan fingerprint density at radius 2 is 2.12 bits per heavy atom. The van der Waals surface area contributed by atoms with Gasteiger partial charge in [0.15, 0.2) is 0 Å². The molecular formula is C10H13BrClNO3S. The Balaban J connectivity index is 3.11. The monoisotopic (exact) mass is 341 g/mol. The van der Waals surface area contributed by atoms with E-state index in [0.29, 0.717) is 0 Å². The summed E-state index contributed by atoms with van der Waals surface area (Å²) in [5.74, 6) is 0. The quantitative estimate of drug-likeness (QED) is 0.880. The third kappa shape index (κ3) is 3.93. The summed E-state index contributed by atoms with van der Waals surface area (Å²) in [6, 6.07) is 3.02. The molecule has 0 bridgehead atoms. The first-order valence-electron chi connectivity index (χ1n) is 4.87. The average molecular weight is 343 g/mol. The SMILES string of the molecule is Cc1cc(S(=O)(=O)NCC(C)O)c(Cl)cc1Br. The van der Waals surface area contributed by atoms with Crippen LogP contribution in [0.1, 0.15) is 12.5 Å². The van der Waals surface area contributed by atoms with Crippen LogP contribution in [-0.2, 0) is 10.0 Å². The Kier molecular flexibility index (Phi) is 4.97. The lowest BCUT2D eigenvalue weighted by Gasteiger charge is -2.11. The van der Waals surface area contributed by atoms with Crippen molar-refractivity contribution in [3.63, 3.8) is 0 Å². The van der Waals surface area contributed by atoms with Crippen molar-refractivity contribution < 1.29 is 13.5 Å². The van der Waals surface area contributed by atoms with Crippen molar-refractivity contribution in [1.82, 2.24) is 4.72 Å². The van der Waals surface area contributed by atoms with Gasteiger partial charge in [-0.1, -0.05) is 27.5 Å². The third-order valence-electron chi connectivity index (χ3n) is 2.07. The number of aliphatic hydroxyl groups excluding tert-OH is 1.